The molecule has 29 heavy (non-hydrogen) atoms. The molecule has 0 unspecified atom stereocenters. The molecule has 2 aromatic rings. The Labute approximate surface area is 187 Å². The molecule has 0 bridgehead atoms. The van der Waals surface area contributed by atoms with Gasteiger partial charge >= 0.3 is 0 Å². The number of hydrogen-bond acceptors (Lipinski definition) is 3. The molecule has 0 fully saturated rings. The zero-order valence-corrected chi connectivity index (χ0v) is 19.2. The zero-order valence-electron chi connectivity index (χ0n) is 16.8. The number of halogens is 2. The molecule has 2 amide bonds. The standard InChI is InChI=1S/C22H26Cl2N2O2S/c1-15(2)25-22(28)16(3)26(12-18-9-10-19(23)20(24)11-18)21(27)14-29-13-17-7-5-4-6-8-17/h4-11,15-16H,12-14H2,1-3H3,(H,25,28)/t16-/m1/s1. The van der Waals surface area contributed by atoms with Gasteiger partial charge in [0.25, 0.3) is 0 Å². The maximum absolute atomic E-state index is 13.0. The second-order valence-electron chi connectivity index (χ2n) is 7.09. The Hall–Kier alpha value is -1.69. The lowest BCUT2D eigenvalue weighted by molar-refractivity contribution is -0.138. The van der Waals surface area contributed by atoms with Gasteiger partial charge in [0.1, 0.15) is 6.04 Å². The van der Waals surface area contributed by atoms with Crippen LogP contribution in [0.2, 0.25) is 10.0 Å². The fourth-order valence-corrected chi connectivity index (χ4v) is 3.93. The number of nitrogens with one attached hydrogen (secondary N) is 1. The fourth-order valence-electron chi connectivity index (χ4n) is 2.74. The van der Waals surface area contributed by atoms with E-state index in [4.69, 9.17) is 23.2 Å². The fraction of sp³-hybridized carbons (Fsp3) is 0.364. The third-order valence-electron chi connectivity index (χ3n) is 4.27. The minimum Gasteiger partial charge on any atom is -0.352 e. The number of rotatable bonds is 9. The van der Waals surface area contributed by atoms with Crippen LogP contribution in [0.25, 0.3) is 0 Å². The molecule has 0 saturated carbocycles. The quantitative estimate of drug-likeness (QED) is 0.570. The average Bonchev–Trinajstić information content (AvgIpc) is 2.68. The molecular weight excluding hydrogens is 427 g/mol. The molecule has 0 heterocycles. The van der Waals surface area contributed by atoms with E-state index in [0.29, 0.717) is 10.0 Å². The van der Waals surface area contributed by atoms with Crippen LogP contribution in [-0.4, -0.2) is 34.6 Å². The predicted octanol–water partition coefficient (Wildman–Crippen LogP) is 5.17. The minimum atomic E-state index is -0.600. The number of hydrogen-bond donors (Lipinski definition) is 1. The normalized spacial score (nSPS) is 11.9. The van der Waals surface area contributed by atoms with Crippen molar-refractivity contribution < 1.29 is 9.59 Å². The van der Waals surface area contributed by atoms with Gasteiger partial charge in [0.15, 0.2) is 0 Å². The van der Waals surface area contributed by atoms with Gasteiger partial charge < -0.3 is 10.2 Å². The zero-order chi connectivity index (χ0) is 21.4. The molecule has 156 valence electrons. The Bertz CT molecular complexity index is 831. The lowest BCUT2D eigenvalue weighted by Crippen LogP contribution is -2.49. The SMILES string of the molecule is CC(C)NC(=O)[C@@H](C)N(Cc1ccc(Cl)c(Cl)c1)C(=O)CSCc1ccccc1. The average molecular weight is 453 g/mol. The topological polar surface area (TPSA) is 49.4 Å². The highest BCUT2D eigenvalue weighted by atomic mass is 35.5. The van der Waals surface area contributed by atoms with Crippen molar-refractivity contribution >= 4 is 46.8 Å². The molecule has 7 heteroatoms. The number of nitrogens with zero attached hydrogens (tertiary/aromatic N) is 1. The molecule has 0 aromatic heterocycles. The lowest BCUT2D eigenvalue weighted by atomic mass is 10.1. The van der Waals surface area contributed by atoms with Crippen molar-refractivity contribution in [1.82, 2.24) is 10.2 Å². The van der Waals surface area contributed by atoms with E-state index in [-0.39, 0.29) is 30.2 Å². The molecule has 2 rings (SSSR count). The van der Waals surface area contributed by atoms with E-state index in [1.807, 2.05) is 50.2 Å². The van der Waals surface area contributed by atoms with Gasteiger partial charge in [-0.25, -0.2) is 0 Å². The number of thioether (sulfide) groups is 1. The second-order valence-corrected chi connectivity index (χ2v) is 8.89. The Morgan fingerprint density at radius 3 is 2.31 bits per heavy atom. The van der Waals surface area contributed by atoms with Crippen LogP contribution in [0.1, 0.15) is 31.9 Å². The van der Waals surface area contributed by atoms with Crippen LogP contribution in [-0.2, 0) is 21.9 Å². The summed E-state index contributed by atoms with van der Waals surface area (Å²) in [5.41, 5.74) is 1.98. The second kappa shape index (κ2) is 11.5. The van der Waals surface area contributed by atoms with Gasteiger partial charge in [-0.15, -0.1) is 11.8 Å². The van der Waals surface area contributed by atoms with Crippen LogP contribution < -0.4 is 5.32 Å². The third kappa shape index (κ3) is 7.57. The largest absolute Gasteiger partial charge is 0.352 e. The molecule has 0 aliphatic carbocycles. The van der Waals surface area contributed by atoms with E-state index in [1.165, 1.54) is 11.8 Å². The molecule has 1 N–H and O–H groups in total. The van der Waals surface area contributed by atoms with E-state index >= 15 is 0 Å². The maximum atomic E-state index is 13.0. The van der Waals surface area contributed by atoms with Crippen molar-refractivity contribution in [3.05, 3.63) is 69.7 Å². The third-order valence-corrected chi connectivity index (χ3v) is 6.00. The molecule has 0 aliphatic rings. The summed E-state index contributed by atoms with van der Waals surface area (Å²) in [5.74, 6) is 0.750. The van der Waals surface area contributed by atoms with Crippen LogP contribution in [0.4, 0.5) is 0 Å². The van der Waals surface area contributed by atoms with Crippen molar-refractivity contribution in [3.63, 3.8) is 0 Å². The maximum Gasteiger partial charge on any atom is 0.242 e. The Kier molecular flexibility index (Phi) is 9.34. The van der Waals surface area contributed by atoms with Crippen molar-refractivity contribution in [1.29, 1.82) is 0 Å². The van der Waals surface area contributed by atoms with Gasteiger partial charge in [-0.2, -0.15) is 0 Å². The van der Waals surface area contributed by atoms with Gasteiger partial charge in [-0.3, -0.25) is 9.59 Å². The summed E-state index contributed by atoms with van der Waals surface area (Å²) in [5, 5.41) is 3.76. The summed E-state index contributed by atoms with van der Waals surface area (Å²) in [7, 11) is 0. The first-order chi connectivity index (χ1) is 13.8. The van der Waals surface area contributed by atoms with Crippen LogP contribution in [0.3, 0.4) is 0 Å². The first-order valence-electron chi connectivity index (χ1n) is 9.43. The highest BCUT2D eigenvalue weighted by Gasteiger charge is 2.26. The number of carbonyl (C=O) groups excluding carboxylic acids is 2. The van der Waals surface area contributed by atoms with Gasteiger partial charge in [-0.05, 0) is 44.0 Å². The molecule has 4 nitrogen and oxygen atoms in total. The van der Waals surface area contributed by atoms with Crippen LogP contribution in [0.5, 0.6) is 0 Å². The van der Waals surface area contributed by atoms with Gasteiger partial charge in [0, 0.05) is 18.3 Å². The molecule has 1 atom stereocenters. The predicted molar refractivity (Wildman–Crippen MR) is 122 cm³/mol. The van der Waals surface area contributed by atoms with Gasteiger partial charge in [0.05, 0.1) is 15.8 Å². The van der Waals surface area contributed by atoms with Crippen LogP contribution >= 0.6 is 35.0 Å². The van der Waals surface area contributed by atoms with Crippen LogP contribution in [0.15, 0.2) is 48.5 Å². The van der Waals surface area contributed by atoms with E-state index in [1.54, 1.807) is 24.0 Å². The highest BCUT2D eigenvalue weighted by molar-refractivity contribution is 7.99. The van der Waals surface area contributed by atoms with E-state index in [0.717, 1.165) is 16.9 Å². The van der Waals surface area contributed by atoms with E-state index in [2.05, 4.69) is 5.32 Å². The Balaban J connectivity index is 2.10. The molecule has 0 radical (unpaired) electrons. The summed E-state index contributed by atoms with van der Waals surface area (Å²) in [6.45, 7) is 5.82. The monoisotopic (exact) mass is 452 g/mol. The van der Waals surface area contributed by atoms with Gasteiger partial charge in [0.2, 0.25) is 11.8 Å². The smallest absolute Gasteiger partial charge is 0.242 e. The number of amides is 2. The van der Waals surface area contributed by atoms with Crippen molar-refractivity contribution in [3.8, 4) is 0 Å². The summed E-state index contributed by atoms with van der Waals surface area (Å²) in [4.78, 5) is 27.1. The first kappa shape index (κ1) is 23.6. The Morgan fingerprint density at radius 1 is 1.00 bits per heavy atom. The highest BCUT2D eigenvalue weighted by Crippen LogP contribution is 2.24. The first-order valence-corrected chi connectivity index (χ1v) is 11.3. The molecule has 0 aliphatic heterocycles. The van der Waals surface area contributed by atoms with Crippen LogP contribution in [0, 0.1) is 0 Å². The molecule has 2 aromatic carbocycles. The summed E-state index contributed by atoms with van der Waals surface area (Å²) in [6.07, 6.45) is 0. The van der Waals surface area contributed by atoms with Crippen molar-refractivity contribution in [2.75, 3.05) is 5.75 Å². The molecular formula is C22H26Cl2N2O2S. The van der Waals surface area contributed by atoms with Crippen molar-refractivity contribution in [2.24, 2.45) is 0 Å². The van der Waals surface area contributed by atoms with Crippen molar-refractivity contribution in [2.45, 2.75) is 45.2 Å². The van der Waals surface area contributed by atoms with E-state index < -0.39 is 6.04 Å². The summed E-state index contributed by atoms with van der Waals surface area (Å²) >= 11 is 13.6. The summed E-state index contributed by atoms with van der Waals surface area (Å²) < 4.78 is 0. The summed E-state index contributed by atoms with van der Waals surface area (Å²) in [6, 6.07) is 14.6. The number of benzene rings is 2. The number of carbonyl (C=O) groups is 2. The Morgan fingerprint density at radius 2 is 1.69 bits per heavy atom. The van der Waals surface area contributed by atoms with Gasteiger partial charge in [-0.1, -0.05) is 59.6 Å². The lowest BCUT2D eigenvalue weighted by Gasteiger charge is -2.29. The minimum absolute atomic E-state index is 0.000617. The van der Waals surface area contributed by atoms with E-state index in [9.17, 15) is 9.59 Å². The molecule has 0 spiro atoms. The molecule has 0 saturated heterocycles.